The van der Waals surface area contributed by atoms with Crippen LogP contribution in [0.2, 0.25) is 0 Å². The number of amides is 2. The fourth-order valence-corrected chi connectivity index (χ4v) is 2.32. The van der Waals surface area contributed by atoms with Crippen molar-refractivity contribution in [1.82, 2.24) is 5.32 Å². The fraction of sp³-hybridized carbons (Fsp3) is 0.353. The van der Waals surface area contributed by atoms with Crippen molar-refractivity contribution in [3.8, 4) is 0 Å². The number of aliphatic hydroxyl groups excluding tert-OH is 1. The van der Waals surface area contributed by atoms with Crippen molar-refractivity contribution in [3.63, 3.8) is 0 Å². The lowest BCUT2D eigenvalue weighted by Crippen LogP contribution is -2.32. The van der Waals surface area contributed by atoms with Gasteiger partial charge in [-0.2, -0.15) is 0 Å². The summed E-state index contributed by atoms with van der Waals surface area (Å²) >= 11 is 0. The number of aryl methyl sites for hydroxylation is 2. The van der Waals surface area contributed by atoms with Crippen molar-refractivity contribution in [2.75, 3.05) is 11.9 Å². The van der Waals surface area contributed by atoms with Crippen molar-refractivity contribution in [3.05, 3.63) is 53.5 Å². The zero-order chi connectivity index (χ0) is 15.9. The van der Waals surface area contributed by atoms with E-state index < -0.39 is 6.10 Å². The molecule has 0 aliphatic rings. The molecule has 5 nitrogen and oxygen atoms in total. The van der Waals surface area contributed by atoms with Crippen LogP contribution in [0.4, 0.5) is 10.5 Å². The van der Waals surface area contributed by atoms with E-state index in [1.165, 1.54) is 17.4 Å². The number of furan rings is 1. The van der Waals surface area contributed by atoms with Crippen LogP contribution in [-0.4, -0.2) is 17.7 Å². The van der Waals surface area contributed by atoms with Crippen molar-refractivity contribution in [1.29, 1.82) is 0 Å². The Labute approximate surface area is 130 Å². The highest BCUT2D eigenvalue weighted by molar-refractivity contribution is 5.89. The minimum Gasteiger partial charge on any atom is -0.467 e. The minimum absolute atomic E-state index is 0.0903. The molecule has 0 fully saturated rings. The molecule has 0 bridgehead atoms. The number of rotatable bonds is 6. The third-order valence-electron chi connectivity index (χ3n) is 3.55. The third-order valence-corrected chi connectivity index (χ3v) is 3.55. The average molecular weight is 302 g/mol. The number of anilines is 1. The SMILES string of the molecule is CCc1ccc(NC(=O)NCC(O)c2ccco2)cc1CC. The van der Waals surface area contributed by atoms with Crippen LogP contribution in [0, 0.1) is 0 Å². The second-order valence-electron chi connectivity index (χ2n) is 5.06. The second-order valence-corrected chi connectivity index (χ2v) is 5.06. The third kappa shape index (κ3) is 4.11. The van der Waals surface area contributed by atoms with E-state index in [1.807, 2.05) is 18.2 Å². The van der Waals surface area contributed by atoms with Crippen molar-refractivity contribution >= 4 is 11.7 Å². The number of aliphatic hydroxyl groups is 1. The summed E-state index contributed by atoms with van der Waals surface area (Å²) in [6.45, 7) is 4.30. The van der Waals surface area contributed by atoms with Gasteiger partial charge in [-0.05, 0) is 48.2 Å². The first kappa shape index (κ1) is 16.1. The highest BCUT2D eigenvalue weighted by Crippen LogP contribution is 2.17. The van der Waals surface area contributed by atoms with E-state index in [1.54, 1.807) is 12.1 Å². The van der Waals surface area contributed by atoms with E-state index >= 15 is 0 Å². The molecular formula is C17H22N2O3. The van der Waals surface area contributed by atoms with Gasteiger partial charge in [0, 0.05) is 5.69 Å². The zero-order valence-electron chi connectivity index (χ0n) is 12.9. The van der Waals surface area contributed by atoms with E-state index in [0.717, 1.165) is 18.5 Å². The Bertz CT molecular complexity index is 608. The molecule has 2 amide bonds. The van der Waals surface area contributed by atoms with Gasteiger partial charge < -0.3 is 20.2 Å². The number of benzene rings is 1. The lowest BCUT2D eigenvalue weighted by molar-refractivity contribution is 0.149. The van der Waals surface area contributed by atoms with Crippen LogP contribution in [0.1, 0.15) is 36.8 Å². The lowest BCUT2D eigenvalue weighted by Gasteiger charge is -2.12. The number of hydrogen-bond acceptors (Lipinski definition) is 3. The Balaban J connectivity index is 1.89. The van der Waals surface area contributed by atoms with Gasteiger partial charge in [-0.1, -0.05) is 19.9 Å². The number of carbonyl (C=O) groups is 1. The molecule has 1 aromatic heterocycles. The molecule has 0 saturated heterocycles. The summed E-state index contributed by atoms with van der Waals surface area (Å²) in [6, 6.07) is 8.92. The molecule has 22 heavy (non-hydrogen) atoms. The smallest absolute Gasteiger partial charge is 0.319 e. The Kier molecular flexibility index (Phi) is 5.61. The van der Waals surface area contributed by atoms with E-state index in [0.29, 0.717) is 5.76 Å². The van der Waals surface area contributed by atoms with Gasteiger partial charge in [-0.15, -0.1) is 0 Å². The second kappa shape index (κ2) is 7.66. The lowest BCUT2D eigenvalue weighted by atomic mass is 10.0. The highest BCUT2D eigenvalue weighted by atomic mass is 16.4. The summed E-state index contributed by atoms with van der Waals surface area (Å²) in [4.78, 5) is 11.9. The van der Waals surface area contributed by atoms with Gasteiger partial charge in [-0.3, -0.25) is 0 Å². The number of hydrogen-bond donors (Lipinski definition) is 3. The summed E-state index contributed by atoms with van der Waals surface area (Å²) in [5.41, 5.74) is 3.27. The molecular weight excluding hydrogens is 280 g/mol. The summed E-state index contributed by atoms with van der Waals surface area (Å²) in [6.07, 6.45) is 2.54. The molecule has 2 rings (SSSR count). The molecule has 0 radical (unpaired) electrons. The van der Waals surface area contributed by atoms with Crippen molar-refractivity contribution in [2.45, 2.75) is 32.8 Å². The Morgan fingerprint density at radius 3 is 2.64 bits per heavy atom. The average Bonchev–Trinajstić information content (AvgIpc) is 3.07. The molecule has 5 heteroatoms. The summed E-state index contributed by atoms with van der Waals surface area (Å²) in [5.74, 6) is 0.431. The summed E-state index contributed by atoms with van der Waals surface area (Å²) < 4.78 is 5.08. The predicted molar refractivity (Wildman–Crippen MR) is 85.9 cm³/mol. The normalized spacial score (nSPS) is 12.0. The van der Waals surface area contributed by atoms with Gasteiger partial charge in [0.25, 0.3) is 0 Å². The first-order valence-corrected chi connectivity index (χ1v) is 7.52. The van der Waals surface area contributed by atoms with Crippen LogP contribution < -0.4 is 10.6 Å². The van der Waals surface area contributed by atoms with E-state index in [-0.39, 0.29) is 12.6 Å². The molecule has 1 unspecified atom stereocenters. The fourth-order valence-electron chi connectivity index (χ4n) is 2.32. The first-order chi connectivity index (χ1) is 10.6. The Morgan fingerprint density at radius 1 is 1.23 bits per heavy atom. The van der Waals surface area contributed by atoms with Crippen LogP contribution in [0.25, 0.3) is 0 Å². The molecule has 0 spiro atoms. The monoisotopic (exact) mass is 302 g/mol. The first-order valence-electron chi connectivity index (χ1n) is 7.52. The van der Waals surface area contributed by atoms with Crippen molar-refractivity contribution in [2.24, 2.45) is 0 Å². The van der Waals surface area contributed by atoms with E-state index in [2.05, 4.69) is 24.5 Å². The predicted octanol–water partition coefficient (Wildman–Crippen LogP) is 3.26. The number of nitrogens with one attached hydrogen (secondary N) is 2. The summed E-state index contributed by atoms with van der Waals surface area (Å²) in [5, 5.41) is 15.2. The zero-order valence-corrected chi connectivity index (χ0v) is 12.9. The largest absolute Gasteiger partial charge is 0.467 e. The Hall–Kier alpha value is -2.27. The van der Waals surface area contributed by atoms with Gasteiger partial charge in [0.1, 0.15) is 11.9 Å². The van der Waals surface area contributed by atoms with E-state index in [9.17, 15) is 9.90 Å². The van der Waals surface area contributed by atoms with Gasteiger partial charge in [0.15, 0.2) is 0 Å². The molecule has 1 heterocycles. The molecule has 0 aliphatic carbocycles. The maximum absolute atomic E-state index is 11.9. The number of urea groups is 1. The van der Waals surface area contributed by atoms with Gasteiger partial charge in [-0.25, -0.2) is 4.79 Å². The van der Waals surface area contributed by atoms with Crippen LogP contribution in [0.15, 0.2) is 41.0 Å². The maximum Gasteiger partial charge on any atom is 0.319 e. The van der Waals surface area contributed by atoms with Gasteiger partial charge >= 0.3 is 6.03 Å². The highest BCUT2D eigenvalue weighted by Gasteiger charge is 2.12. The minimum atomic E-state index is -0.852. The standard InChI is InChI=1S/C17H22N2O3/c1-3-12-7-8-14(10-13(12)4-2)19-17(21)18-11-15(20)16-6-5-9-22-16/h5-10,15,20H,3-4,11H2,1-2H3,(H2,18,19,21). The van der Waals surface area contributed by atoms with E-state index in [4.69, 9.17) is 4.42 Å². The molecule has 1 aromatic carbocycles. The van der Waals surface area contributed by atoms with Gasteiger partial charge in [0.05, 0.1) is 12.8 Å². The maximum atomic E-state index is 11.9. The molecule has 118 valence electrons. The topological polar surface area (TPSA) is 74.5 Å². The van der Waals surface area contributed by atoms with Crippen LogP contribution in [-0.2, 0) is 12.8 Å². The molecule has 2 aromatic rings. The quantitative estimate of drug-likeness (QED) is 0.766. The Morgan fingerprint density at radius 2 is 2.00 bits per heavy atom. The summed E-state index contributed by atoms with van der Waals surface area (Å²) in [7, 11) is 0. The molecule has 0 aliphatic heterocycles. The van der Waals surface area contributed by atoms with Crippen LogP contribution >= 0.6 is 0 Å². The molecule has 1 atom stereocenters. The van der Waals surface area contributed by atoms with Crippen LogP contribution in [0.3, 0.4) is 0 Å². The molecule has 0 saturated carbocycles. The molecule has 3 N–H and O–H groups in total. The van der Waals surface area contributed by atoms with Crippen molar-refractivity contribution < 1.29 is 14.3 Å². The van der Waals surface area contributed by atoms with Crippen LogP contribution in [0.5, 0.6) is 0 Å². The number of carbonyl (C=O) groups excluding carboxylic acids is 1. The van der Waals surface area contributed by atoms with Gasteiger partial charge in [0.2, 0.25) is 0 Å².